The highest BCUT2D eigenvalue weighted by molar-refractivity contribution is 5.63. The Morgan fingerprint density at radius 1 is 0.783 bits per heavy atom. The number of likely N-dealkylation sites (N-methyl/N-ethyl adjacent to an activating group) is 1. The average Bonchev–Trinajstić information content (AvgIpc) is 2.26. The van der Waals surface area contributed by atoms with Gasteiger partial charge in [0.2, 0.25) is 0 Å². The molecule has 10 nitrogen and oxygen atoms in total. The fourth-order valence-electron chi connectivity index (χ4n) is 0.319. The molecule has 0 aromatic carbocycles. The molecule has 0 spiro atoms. The fourth-order valence-corrected chi connectivity index (χ4v) is 0.319. The summed E-state index contributed by atoms with van der Waals surface area (Å²) in [4.78, 5) is 36.0. The van der Waals surface area contributed by atoms with E-state index in [9.17, 15) is 0 Å². The van der Waals surface area contributed by atoms with Crippen molar-refractivity contribution in [3.05, 3.63) is 0 Å². The molecule has 0 rings (SSSR count). The van der Waals surface area contributed by atoms with E-state index in [1.807, 2.05) is 14.0 Å². The topological polar surface area (TPSA) is 170 Å². The van der Waals surface area contributed by atoms with E-state index in [0.29, 0.717) is 0 Å². The van der Waals surface area contributed by atoms with Gasteiger partial charge in [-0.25, -0.2) is 0 Å². The van der Waals surface area contributed by atoms with E-state index < -0.39 is 23.9 Å². The van der Waals surface area contributed by atoms with E-state index in [-0.39, 0.29) is 0 Å². The SMILES string of the molecule is CC(=O)O.CC(=O)O.CC(=O)O.CC(=O)O.CCOCCNC. The van der Waals surface area contributed by atoms with Crippen molar-refractivity contribution < 1.29 is 44.3 Å². The number of carbonyl (C=O) groups is 4. The number of carboxylic acids is 4. The van der Waals surface area contributed by atoms with Crippen LogP contribution in [0.3, 0.4) is 0 Å². The summed E-state index contributed by atoms with van der Waals surface area (Å²) in [5, 5.41) is 32.6. The van der Waals surface area contributed by atoms with Gasteiger partial charge in [0.05, 0.1) is 6.61 Å². The van der Waals surface area contributed by atoms with Crippen molar-refractivity contribution in [1.29, 1.82) is 0 Å². The van der Waals surface area contributed by atoms with E-state index in [1.54, 1.807) is 0 Å². The lowest BCUT2D eigenvalue weighted by Gasteiger charge is -1.96. The molecule has 0 saturated heterocycles. The lowest BCUT2D eigenvalue weighted by molar-refractivity contribution is -0.135. The summed E-state index contributed by atoms with van der Waals surface area (Å²) in [7, 11) is 1.92. The van der Waals surface area contributed by atoms with E-state index >= 15 is 0 Å². The van der Waals surface area contributed by atoms with Crippen molar-refractivity contribution in [2.45, 2.75) is 34.6 Å². The van der Waals surface area contributed by atoms with Crippen molar-refractivity contribution in [3.63, 3.8) is 0 Å². The highest BCUT2D eigenvalue weighted by Gasteiger charge is 1.77. The first-order valence-electron chi connectivity index (χ1n) is 6.35. The number of ether oxygens (including phenoxy) is 1. The van der Waals surface area contributed by atoms with Gasteiger partial charge in [-0.3, -0.25) is 19.2 Å². The zero-order valence-corrected chi connectivity index (χ0v) is 14.5. The predicted octanol–water partition coefficient (Wildman–Crippen LogP) is 0.606. The standard InChI is InChI=1S/C5H13NO.4C2H4O2/c1-3-7-5-4-6-2;4*1-2(3)4/h6H,3-5H2,1-2H3;4*1H3,(H,3,4). The Balaban J connectivity index is -0.0000000604. The molecule has 0 bridgehead atoms. The zero-order chi connectivity index (χ0) is 19.8. The van der Waals surface area contributed by atoms with Crippen LogP contribution in [0.2, 0.25) is 0 Å². The third kappa shape index (κ3) is 1940. The van der Waals surface area contributed by atoms with E-state index in [1.165, 1.54) is 0 Å². The second-order valence-electron chi connectivity index (χ2n) is 3.38. The molecule has 0 aliphatic carbocycles. The molecular weight excluding hydrogens is 314 g/mol. The van der Waals surface area contributed by atoms with Crippen molar-refractivity contribution in [2.24, 2.45) is 0 Å². The van der Waals surface area contributed by atoms with Gasteiger partial charge in [0.25, 0.3) is 23.9 Å². The van der Waals surface area contributed by atoms with Crippen molar-refractivity contribution in [3.8, 4) is 0 Å². The Morgan fingerprint density at radius 2 is 1.00 bits per heavy atom. The number of rotatable bonds is 4. The average molecular weight is 343 g/mol. The molecule has 10 heteroatoms. The summed E-state index contributed by atoms with van der Waals surface area (Å²) in [6.07, 6.45) is 0. The van der Waals surface area contributed by atoms with Gasteiger partial charge in [0.1, 0.15) is 0 Å². The Morgan fingerprint density at radius 3 is 1.13 bits per heavy atom. The van der Waals surface area contributed by atoms with Gasteiger partial charge in [0, 0.05) is 40.8 Å². The van der Waals surface area contributed by atoms with Crippen LogP contribution in [-0.4, -0.2) is 71.1 Å². The Labute approximate surface area is 136 Å². The van der Waals surface area contributed by atoms with Gasteiger partial charge in [-0.15, -0.1) is 0 Å². The minimum atomic E-state index is -0.833. The fraction of sp³-hybridized carbons (Fsp3) is 0.692. The maximum absolute atomic E-state index is 9.00. The van der Waals surface area contributed by atoms with Crippen LogP contribution in [0.1, 0.15) is 34.6 Å². The van der Waals surface area contributed by atoms with E-state index in [4.69, 9.17) is 44.3 Å². The van der Waals surface area contributed by atoms with Crippen molar-refractivity contribution in [2.75, 3.05) is 26.8 Å². The first kappa shape index (κ1) is 32.7. The molecule has 0 aliphatic rings. The third-order valence-corrected chi connectivity index (χ3v) is 0.701. The smallest absolute Gasteiger partial charge is 0.300 e. The summed E-state index contributed by atoms with van der Waals surface area (Å²) in [5.41, 5.74) is 0. The number of nitrogens with one attached hydrogen (secondary N) is 1. The van der Waals surface area contributed by atoms with Gasteiger partial charge < -0.3 is 30.5 Å². The van der Waals surface area contributed by atoms with Gasteiger partial charge >= 0.3 is 0 Å². The molecule has 0 aliphatic heterocycles. The summed E-state index contributed by atoms with van der Waals surface area (Å²) >= 11 is 0. The second-order valence-corrected chi connectivity index (χ2v) is 3.38. The first-order chi connectivity index (χ1) is 10.3. The molecule has 0 atom stereocenters. The van der Waals surface area contributed by atoms with Crippen LogP contribution in [0.25, 0.3) is 0 Å². The molecule has 140 valence electrons. The maximum atomic E-state index is 9.00. The Hall–Kier alpha value is -2.20. The van der Waals surface area contributed by atoms with Crippen LogP contribution in [0, 0.1) is 0 Å². The molecule has 0 radical (unpaired) electrons. The molecule has 0 unspecified atom stereocenters. The van der Waals surface area contributed by atoms with Crippen LogP contribution in [-0.2, 0) is 23.9 Å². The van der Waals surface area contributed by atoms with Gasteiger partial charge in [-0.2, -0.15) is 0 Å². The lowest BCUT2D eigenvalue weighted by Crippen LogP contribution is -2.13. The molecule has 0 aromatic rings. The quantitative estimate of drug-likeness (QED) is 0.455. The molecular formula is C13H29NO9. The highest BCUT2D eigenvalue weighted by Crippen LogP contribution is 1.67. The summed E-state index contributed by atoms with van der Waals surface area (Å²) in [5.74, 6) is -3.33. The Kier molecular flexibility index (Phi) is 45.4. The highest BCUT2D eigenvalue weighted by atomic mass is 16.5. The van der Waals surface area contributed by atoms with Crippen LogP contribution in [0.5, 0.6) is 0 Å². The molecule has 5 N–H and O–H groups in total. The molecule has 23 heavy (non-hydrogen) atoms. The zero-order valence-electron chi connectivity index (χ0n) is 14.5. The monoisotopic (exact) mass is 343 g/mol. The summed E-state index contributed by atoms with van der Waals surface area (Å²) in [6.45, 7) is 8.93. The number of aliphatic carboxylic acids is 4. The van der Waals surface area contributed by atoms with Crippen LogP contribution in [0.15, 0.2) is 0 Å². The minimum absolute atomic E-state index is 0.821. The minimum Gasteiger partial charge on any atom is -0.481 e. The van der Waals surface area contributed by atoms with E-state index in [2.05, 4.69) is 5.32 Å². The van der Waals surface area contributed by atoms with Crippen molar-refractivity contribution >= 4 is 23.9 Å². The lowest BCUT2D eigenvalue weighted by atomic mass is 10.7. The number of carboxylic acid groups (broad SMARTS) is 4. The second kappa shape index (κ2) is 31.9. The van der Waals surface area contributed by atoms with Gasteiger partial charge in [0.15, 0.2) is 0 Å². The molecule has 0 saturated carbocycles. The molecule has 0 fully saturated rings. The Bertz CT molecular complexity index is 225. The molecule has 0 amide bonds. The first-order valence-corrected chi connectivity index (χ1v) is 6.35. The van der Waals surface area contributed by atoms with Crippen LogP contribution < -0.4 is 5.32 Å². The summed E-state index contributed by atoms with van der Waals surface area (Å²) < 4.78 is 5.01. The van der Waals surface area contributed by atoms with Crippen molar-refractivity contribution in [1.82, 2.24) is 5.32 Å². The largest absolute Gasteiger partial charge is 0.481 e. The van der Waals surface area contributed by atoms with Gasteiger partial charge in [-0.1, -0.05) is 0 Å². The molecule has 0 heterocycles. The number of hydrogen-bond acceptors (Lipinski definition) is 6. The predicted molar refractivity (Wildman–Crippen MR) is 83.7 cm³/mol. The van der Waals surface area contributed by atoms with Gasteiger partial charge in [-0.05, 0) is 14.0 Å². The third-order valence-electron chi connectivity index (χ3n) is 0.701. The van der Waals surface area contributed by atoms with E-state index in [0.717, 1.165) is 47.5 Å². The van der Waals surface area contributed by atoms with Crippen LogP contribution in [0.4, 0.5) is 0 Å². The maximum Gasteiger partial charge on any atom is 0.300 e. The summed E-state index contributed by atoms with van der Waals surface area (Å²) in [6, 6.07) is 0. The molecule has 0 aromatic heterocycles. The normalized spacial score (nSPS) is 7.22. The number of hydrogen-bond donors (Lipinski definition) is 5. The van der Waals surface area contributed by atoms with Crippen LogP contribution >= 0.6 is 0 Å².